The highest BCUT2D eigenvalue weighted by atomic mass is 79.9. The van der Waals surface area contributed by atoms with Crippen LogP contribution in [0, 0.1) is 0 Å². The van der Waals surface area contributed by atoms with Gasteiger partial charge in [0, 0.05) is 46.1 Å². The fraction of sp³-hybridized carbons (Fsp3) is 0.538. The van der Waals surface area contributed by atoms with Gasteiger partial charge in [0.15, 0.2) is 9.84 Å². The number of halogens is 1. The highest BCUT2D eigenvalue weighted by Gasteiger charge is 2.33. The summed E-state index contributed by atoms with van der Waals surface area (Å²) in [6, 6.07) is 5.82. The number of rotatable bonds is 4. The van der Waals surface area contributed by atoms with E-state index in [0.29, 0.717) is 12.3 Å². The molecule has 0 spiro atoms. The van der Waals surface area contributed by atoms with E-state index in [1.54, 1.807) is 18.7 Å². The molecule has 2 N–H and O–H groups in total. The van der Waals surface area contributed by atoms with Gasteiger partial charge in [-0.25, -0.2) is 8.42 Å². The zero-order chi connectivity index (χ0) is 14.8. The predicted molar refractivity (Wildman–Crippen MR) is 90.0 cm³/mol. The number of benzene rings is 1. The van der Waals surface area contributed by atoms with Crippen molar-refractivity contribution in [2.24, 2.45) is 5.73 Å². The molecule has 1 aliphatic rings. The molecule has 1 heterocycles. The monoisotopic (exact) mass is 378 g/mol. The Bertz CT molecular complexity index is 578. The molecule has 0 aromatic heterocycles. The molecule has 1 saturated heterocycles. The van der Waals surface area contributed by atoms with Crippen molar-refractivity contribution in [3.63, 3.8) is 0 Å². The Morgan fingerprint density at radius 1 is 1.50 bits per heavy atom. The van der Waals surface area contributed by atoms with Crippen LogP contribution in [0.5, 0.6) is 0 Å². The smallest absolute Gasteiger partial charge is 0.171 e. The third-order valence-corrected chi connectivity index (χ3v) is 7.54. The van der Waals surface area contributed by atoms with Crippen LogP contribution in [-0.4, -0.2) is 37.6 Å². The van der Waals surface area contributed by atoms with Gasteiger partial charge in [0.05, 0.1) is 0 Å². The molecule has 112 valence electrons. The van der Waals surface area contributed by atoms with Crippen molar-refractivity contribution in [3.05, 3.63) is 28.2 Å². The number of hydrogen-bond donors (Lipinski definition) is 1. The summed E-state index contributed by atoms with van der Waals surface area (Å²) >= 11 is 5.20. The second-order valence-corrected chi connectivity index (χ2v) is 9.07. The Morgan fingerprint density at radius 2 is 2.25 bits per heavy atom. The van der Waals surface area contributed by atoms with Crippen LogP contribution in [-0.2, 0) is 16.4 Å². The van der Waals surface area contributed by atoms with Crippen LogP contribution in [0.15, 0.2) is 22.7 Å². The molecule has 0 amide bonds. The molecule has 0 aliphatic carbocycles. The van der Waals surface area contributed by atoms with Gasteiger partial charge in [0.25, 0.3) is 0 Å². The minimum Gasteiger partial charge on any atom is -0.353 e. The number of thioether (sulfide) groups is 1. The van der Waals surface area contributed by atoms with Crippen molar-refractivity contribution in [2.45, 2.75) is 18.8 Å². The lowest BCUT2D eigenvalue weighted by atomic mass is 10.1. The minimum atomic E-state index is -3.11. The highest BCUT2D eigenvalue weighted by molar-refractivity contribution is 9.10. The third-order valence-electron chi connectivity index (χ3n) is 3.51. The van der Waals surface area contributed by atoms with E-state index in [1.165, 1.54) is 0 Å². The zero-order valence-electron chi connectivity index (χ0n) is 11.4. The maximum Gasteiger partial charge on any atom is 0.171 e. The van der Waals surface area contributed by atoms with Crippen LogP contribution in [0.3, 0.4) is 0 Å². The van der Waals surface area contributed by atoms with E-state index < -0.39 is 15.2 Å². The molecule has 1 fully saturated rings. The van der Waals surface area contributed by atoms with Crippen molar-refractivity contribution in [2.75, 3.05) is 28.7 Å². The first kappa shape index (κ1) is 16.1. The molecular weight excluding hydrogens is 360 g/mol. The second kappa shape index (κ2) is 6.68. The second-order valence-electron chi connectivity index (χ2n) is 4.62. The van der Waals surface area contributed by atoms with Crippen LogP contribution in [0.1, 0.15) is 12.5 Å². The van der Waals surface area contributed by atoms with Crippen molar-refractivity contribution in [3.8, 4) is 0 Å². The number of nitrogens with two attached hydrogens (primary N) is 1. The van der Waals surface area contributed by atoms with E-state index in [0.717, 1.165) is 28.0 Å². The van der Waals surface area contributed by atoms with Gasteiger partial charge in [-0.3, -0.25) is 0 Å². The van der Waals surface area contributed by atoms with Crippen LogP contribution in [0.2, 0.25) is 0 Å². The lowest BCUT2D eigenvalue weighted by Gasteiger charge is -2.37. The van der Waals surface area contributed by atoms with Crippen LogP contribution >= 0.6 is 27.7 Å². The van der Waals surface area contributed by atoms with E-state index in [4.69, 9.17) is 5.73 Å². The molecule has 4 nitrogen and oxygen atoms in total. The van der Waals surface area contributed by atoms with Crippen molar-refractivity contribution in [1.82, 2.24) is 0 Å². The van der Waals surface area contributed by atoms with E-state index >= 15 is 0 Å². The summed E-state index contributed by atoms with van der Waals surface area (Å²) in [4.78, 5) is 2.00. The first-order chi connectivity index (χ1) is 9.51. The normalized spacial score (nSPS) is 20.1. The molecule has 1 aromatic rings. The topological polar surface area (TPSA) is 63.4 Å². The molecule has 1 aliphatic heterocycles. The van der Waals surface area contributed by atoms with E-state index in [1.807, 2.05) is 23.1 Å². The Hall–Kier alpha value is -0.240. The lowest BCUT2D eigenvalue weighted by Crippen LogP contribution is -2.48. The van der Waals surface area contributed by atoms with Gasteiger partial charge in [-0.1, -0.05) is 28.9 Å². The van der Waals surface area contributed by atoms with E-state index in [2.05, 4.69) is 15.9 Å². The molecule has 20 heavy (non-hydrogen) atoms. The van der Waals surface area contributed by atoms with Gasteiger partial charge < -0.3 is 10.6 Å². The Labute approximate surface area is 133 Å². The summed E-state index contributed by atoms with van der Waals surface area (Å²) in [6.45, 7) is 2.83. The zero-order valence-corrected chi connectivity index (χ0v) is 14.6. The number of hydrogen-bond acceptors (Lipinski definition) is 5. The fourth-order valence-corrected chi connectivity index (χ4v) is 5.87. The standard InChI is InChI=1S/C13H19BrN2O2S2/c1-2-20(17,18)13-9-19-7-6-16(13)12-5-3-4-11(14)10(12)8-15/h3-5,13H,2,6-9,15H2,1H3. The van der Waals surface area contributed by atoms with Gasteiger partial charge in [-0.2, -0.15) is 11.8 Å². The van der Waals surface area contributed by atoms with Crippen LogP contribution in [0.25, 0.3) is 0 Å². The molecule has 0 radical (unpaired) electrons. The summed E-state index contributed by atoms with van der Waals surface area (Å²) in [5, 5.41) is -0.453. The minimum absolute atomic E-state index is 0.167. The van der Waals surface area contributed by atoms with Gasteiger partial charge in [-0.15, -0.1) is 0 Å². The highest BCUT2D eigenvalue weighted by Crippen LogP contribution is 2.33. The SMILES string of the molecule is CCS(=O)(=O)C1CSCCN1c1cccc(Br)c1CN. The molecule has 1 atom stereocenters. The molecule has 0 saturated carbocycles. The molecule has 7 heteroatoms. The Kier molecular flexibility index (Phi) is 5.39. The number of sulfone groups is 1. The van der Waals surface area contributed by atoms with Crippen molar-refractivity contribution < 1.29 is 8.42 Å². The molecule has 1 aromatic carbocycles. The Balaban J connectivity index is 2.46. The number of anilines is 1. The van der Waals surface area contributed by atoms with Gasteiger partial charge in [-0.05, 0) is 12.1 Å². The van der Waals surface area contributed by atoms with Crippen LogP contribution < -0.4 is 10.6 Å². The summed E-state index contributed by atoms with van der Waals surface area (Å²) in [5.41, 5.74) is 7.74. The average molecular weight is 379 g/mol. The molecule has 2 rings (SSSR count). The quantitative estimate of drug-likeness (QED) is 0.869. The fourth-order valence-electron chi connectivity index (χ4n) is 2.36. The maximum atomic E-state index is 12.3. The molecule has 0 bridgehead atoms. The van der Waals surface area contributed by atoms with Crippen molar-refractivity contribution in [1.29, 1.82) is 0 Å². The Morgan fingerprint density at radius 3 is 2.90 bits per heavy atom. The molecule has 1 unspecified atom stereocenters. The van der Waals surface area contributed by atoms with E-state index in [-0.39, 0.29) is 5.75 Å². The number of nitrogens with zero attached hydrogens (tertiary/aromatic N) is 1. The van der Waals surface area contributed by atoms with Crippen molar-refractivity contribution >= 4 is 43.2 Å². The molecular formula is C13H19BrN2O2S2. The van der Waals surface area contributed by atoms with Gasteiger partial charge in [0.1, 0.15) is 5.37 Å². The van der Waals surface area contributed by atoms with E-state index in [9.17, 15) is 8.42 Å². The average Bonchev–Trinajstić information content (AvgIpc) is 2.47. The van der Waals surface area contributed by atoms with Crippen LogP contribution in [0.4, 0.5) is 5.69 Å². The predicted octanol–water partition coefficient (Wildman–Crippen LogP) is 2.22. The summed E-state index contributed by atoms with van der Waals surface area (Å²) in [5.74, 6) is 1.72. The lowest BCUT2D eigenvalue weighted by molar-refractivity contribution is 0.579. The summed E-state index contributed by atoms with van der Waals surface area (Å²) in [7, 11) is -3.11. The van der Waals surface area contributed by atoms with Gasteiger partial charge >= 0.3 is 0 Å². The summed E-state index contributed by atoms with van der Waals surface area (Å²) in [6.07, 6.45) is 0. The maximum absolute atomic E-state index is 12.3. The largest absolute Gasteiger partial charge is 0.353 e. The summed E-state index contributed by atoms with van der Waals surface area (Å²) < 4.78 is 25.6. The first-order valence-corrected chi connectivity index (χ1v) is 10.2. The van der Waals surface area contributed by atoms with Gasteiger partial charge in [0.2, 0.25) is 0 Å². The third kappa shape index (κ3) is 3.16. The first-order valence-electron chi connectivity index (χ1n) is 6.54.